The zero-order chi connectivity index (χ0) is 22.3. The van der Waals surface area contributed by atoms with Gasteiger partial charge in [-0.1, -0.05) is 6.07 Å². The van der Waals surface area contributed by atoms with Crippen LogP contribution in [-0.4, -0.2) is 74.4 Å². The number of ether oxygens (including phenoxy) is 2. The maximum atomic E-state index is 10.7. The summed E-state index contributed by atoms with van der Waals surface area (Å²) < 4.78 is 16.1. The molecule has 1 atom stereocenters. The molecule has 1 unspecified atom stereocenters. The van der Waals surface area contributed by atoms with E-state index < -0.39 is 5.60 Å². The van der Waals surface area contributed by atoms with E-state index in [4.69, 9.17) is 13.9 Å². The minimum atomic E-state index is -1.14. The Kier molecular flexibility index (Phi) is 7.81. The molecule has 1 aliphatic heterocycles. The van der Waals surface area contributed by atoms with Gasteiger partial charge in [0, 0.05) is 39.3 Å². The average Bonchev–Trinajstić information content (AvgIpc) is 3.33. The third-order valence-corrected chi connectivity index (χ3v) is 5.45. The van der Waals surface area contributed by atoms with E-state index in [0.717, 1.165) is 56.7 Å². The molecule has 1 aromatic carbocycles. The maximum Gasteiger partial charge on any atom is 0.194 e. The molecule has 1 fully saturated rings. The molecule has 2 heterocycles. The molecule has 2 aromatic rings. The van der Waals surface area contributed by atoms with Gasteiger partial charge >= 0.3 is 0 Å². The zero-order valence-corrected chi connectivity index (χ0v) is 18.9. The Morgan fingerprint density at radius 2 is 1.90 bits per heavy atom. The van der Waals surface area contributed by atoms with Crippen LogP contribution < -0.4 is 14.8 Å². The number of piperazine rings is 1. The molecule has 1 aliphatic rings. The van der Waals surface area contributed by atoms with Crippen molar-refractivity contribution in [3.8, 4) is 11.5 Å². The molecule has 0 spiro atoms. The van der Waals surface area contributed by atoms with Crippen LogP contribution in [0.3, 0.4) is 0 Å². The van der Waals surface area contributed by atoms with E-state index in [1.807, 2.05) is 19.1 Å². The van der Waals surface area contributed by atoms with Gasteiger partial charge in [0.25, 0.3) is 0 Å². The standard InChI is InChI=1S/C23H34N4O4/c1-5-24-22(25-17-23(2,28)21-7-6-14-31-21)27-12-10-26(11-13-27)16-18-8-9-19(29-3)20(15-18)30-4/h6-9,14-15,28H,5,10-13,16-17H2,1-4H3,(H,24,25). The van der Waals surface area contributed by atoms with Gasteiger partial charge in [0.15, 0.2) is 17.5 Å². The van der Waals surface area contributed by atoms with Gasteiger partial charge in [-0.15, -0.1) is 0 Å². The number of nitrogens with zero attached hydrogens (tertiary/aromatic N) is 3. The molecule has 31 heavy (non-hydrogen) atoms. The molecule has 8 nitrogen and oxygen atoms in total. The summed E-state index contributed by atoms with van der Waals surface area (Å²) in [6, 6.07) is 9.61. The van der Waals surface area contributed by atoms with Gasteiger partial charge in [-0.05, 0) is 43.7 Å². The summed E-state index contributed by atoms with van der Waals surface area (Å²) >= 11 is 0. The second-order valence-corrected chi connectivity index (χ2v) is 7.87. The Labute approximate surface area is 184 Å². The van der Waals surface area contributed by atoms with Crippen molar-refractivity contribution in [2.24, 2.45) is 4.99 Å². The monoisotopic (exact) mass is 430 g/mol. The largest absolute Gasteiger partial charge is 0.493 e. The summed E-state index contributed by atoms with van der Waals surface area (Å²) in [4.78, 5) is 9.35. The zero-order valence-electron chi connectivity index (χ0n) is 18.9. The van der Waals surface area contributed by atoms with Gasteiger partial charge < -0.3 is 29.2 Å². The molecule has 0 bridgehead atoms. The van der Waals surface area contributed by atoms with Gasteiger partial charge in [-0.2, -0.15) is 0 Å². The van der Waals surface area contributed by atoms with E-state index in [9.17, 15) is 5.11 Å². The fourth-order valence-electron chi connectivity index (χ4n) is 3.67. The number of furan rings is 1. The SMILES string of the molecule is CCNC(=NCC(C)(O)c1ccco1)N1CCN(Cc2ccc(OC)c(OC)c2)CC1. The van der Waals surface area contributed by atoms with Gasteiger partial charge in [0.2, 0.25) is 0 Å². The summed E-state index contributed by atoms with van der Waals surface area (Å²) in [5, 5.41) is 14.0. The Bertz CT molecular complexity index is 843. The van der Waals surface area contributed by atoms with Crippen LogP contribution in [0, 0.1) is 0 Å². The Morgan fingerprint density at radius 3 is 2.52 bits per heavy atom. The fraction of sp³-hybridized carbons (Fsp3) is 0.522. The Hall–Kier alpha value is -2.71. The molecule has 1 saturated heterocycles. The van der Waals surface area contributed by atoms with Crippen LogP contribution in [0.15, 0.2) is 46.0 Å². The minimum absolute atomic E-state index is 0.231. The minimum Gasteiger partial charge on any atom is -0.493 e. The highest BCUT2D eigenvalue weighted by atomic mass is 16.5. The summed E-state index contributed by atoms with van der Waals surface area (Å²) in [6.45, 7) is 9.20. The van der Waals surface area contributed by atoms with Crippen LogP contribution in [-0.2, 0) is 12.1 Å². The van der Waals surface area contributed by atoms with Crippen LogP contribution in [0.5, 0.6) is 11.5 Å². The van der Waals surface area contributed by atoms with Crippen LogP contribution in [0.2, 0.25) is 0 Å². The number of rotatable bonds is 8. The van der Waals surface area contributed by atoms with Crippen LogP contribution in [0.25, 0.3) is 0 Å². The van der Waals surface area contributed by atoms with Crippen molar-refractivity contribution in [3.63, 3.8) is 0 Å². The van der Waals surface area contributed by atoms with E-state index in [-0.39, 0.29) is 6.54 Å². The number of guanidine groups is 1. The molecule has 0 aliphatic carbocycles. The Balaban J connectivity index is 1.58. The van der Waals surface area contributed by atoms with E-state index in [1.54, 1.807) is 39.5 Å². The van der Waals surface area contributed by atoms with Gasteiger partial charge in [-0.25, -0.2) is 4.99 Å². The lowest BCUT2D eigenvalue weighted by molar-refractivity contribution is 0.0433. The van der Waals surface area contributed by atoms with Crippen molar-refractivity contribution in [1.29, 1.82) is 0 Å². The molecule has 1 aromatic heterocycles. The highest BCUT2D eigenvalue weighted by molar-refractivity contribution is 5.80. The smallest absolute Gasteiger partial charge is 0.194 e. The number of aliphatic hydroxyl groups is 1. The van der Waals surface area contributed by atoms with Crippen molar-refractivity contribution in [3.05, 3.63) is 47.9 Å². The number of hydrogen-bond donors (Lipinski definition) is 2. The lowest BCUT2D eigenvalue weighted by Crippen LogP contribution is -2.52. The number of benzene rings is 1. The first-order valence-electron chi connectivity index (χ1n) is 10.7. The maximum absolute atomic E-state index is 10.7. The molecular weight excluding hydrogens is 396 g/mol. The van der Waals surface area contributed by atoms with Crippen LogP contribution >= 0.6 is 0 Å². The van der Waals surface area contributed by atoms with Crippen molar-refractivity contribution in [2.75, 3.05) is 53.5 Å². The topological polar surface area (TPSA) is 82.7 Å². The molecule has 0 amide bonds. The van der Waals surface area contributed by atoms with Crippen LogP contribution in [0.1, 0.15) is 25.2 Å². The van der Waals surface area contributed by atoms with Gasteiger partial charge in [-0.3, -0.25) is 4.90 Å². The Morgan fingerprint density at radius 1 is 1.16 bits per heavy atom. The van der Waals surface area contributed by atoms with Crippen molar-refractivity contribution >= 4 is 5.96 Å². The molecule has 3 rings (SSSR count). The molecule has 0 radical (unpaired) electrons. The summed E-state index contributed by atoms with van der Waals surface area (Å²) in [5.74, 6) is 2.84. The van der Waals surface area contributed by atoms with Crippen molar-refractivity contribution < 1.29 is 19.0 Å². The normalized spacial score (nSPS) is 17.3. The summed E-state index contributed by atoms with van der Waals surface area (Å²) in [7, 11) is 3.31. The van der Waals surface area contributed by atoms with E-state index >= 15 is 0 Å². The second kappa shape index (κ2) is 10.5. The van der Waals surface area contributed by atoms with Crippen molar-refractivity contribution in [2.45, 2.75) is 26.0 Å². The second-order valence-electron chi connectivity index (χ2n) is 7.87. The molecule has 8 heteroatoms. The fourth-order valence-corrected chi connectivity index (χ4v) is 3.67. The summed E-state index contributed by atoms with van der Waals surface area (Å²) in [6.07, 6.45) is 1.57. The quantitative estimate of drug-likeness (QED) is 0.491. The molecule has 2 N–H and O–H groups in total. The lowest BCUT2D eigenvalue weighted by atomic mass is 10.0. The number of nitrogens with one attached hydrogen (secondary N) is 1. The van der Waals surface area contributed by atoms with Gasteiger partial charge in [0.05, 0.1) is 27.0 Å². The highest BCUT2D eigenvalue weighted by Crippen LogP contribution is 2.28. The highest BCUT2D eigenvalue weighted by Gasteiger charge is 2.27. The number of hydrogen-bond acceptors (Lipinski definition) is 6. The number of aliphatic imine (C=N–C) groups is 1. The van der Waals surface area contributed by atoms with E-state index in [2.05, 4.69) is 26.2 Å². The summed E-state index contributed by atoms with van der Waals surface area (Å²) in [5.41, 5.74) is 0.0561. The number of methoxy groups -OCH3 is 2. The van der Waals surface area contributed by atoms with Crippen LogP contribution in [0.4, 0.5) is 0 Å². The molecule has 170 valence electrons. The molecule has 0 saturated carbocycles. The predicted molar refractivity (Wildman–Crippen MR) is 121 cm³/mol. The van der Waals surface area contributed by atoms with E-state index in [1.165, 1.54) is 5.56 Å². The third-order valence-electron chi connectivity index (χ3n) is 5.45. The first kappa shape index (κ1) is 23.0. The van der Waals surface area contributed by atoms with Gasteiger partial charge in [0.1, 0.15) is 11.4 Å². The average molecular weight is 431 g/mol. The van der Waals surface area contributed by atoms with E-state index in [0.29, 0.717) is 5.76 Å². The first-order chi connectivity index (χ1) is 15.0. The van der Waals surface area contributed by atoms with Crippen molar-refractivity contribution in [1.82, 2.24) is 15.1 Å². The predicted octanol–water partition coefficient (Wildman–Crippen LogP) is 2.29. The molecular formula is C23H34N4O4. The lowest BCUT2D eigenvalue weighted by Gasteiger charge is -2.37. The third kappa shape index (κ3) is 5.92. The first-order valence-corrected chi connectivity index (χ1v) is 10.7.